The molecular formula is C75H70. The summed E-state index contributed by atoms with van der Waals surface area (Å²) >= 11 is 0. The number of hydrogen-bond donors (Lipinski definition) is 0. The number of rotatable bonds is 10. The molecule has 0 heterocycles. The Morgan fingerprint density at radius 1 is 0.267 bits per heavy atom. The average Bonchev–Trinajstić information content (AvgIpc) is 4.01. The van der Waals surface area contributed by atoms with E-state index in [1.165, 1.54) is 138 Å². The number of hydrogen-bond acceptors (Lipinski definition) is 0. The number of benzene rings is 10. The van der Waals surface area contributed by atoms with Gasteiger partial charge in [-0.05, 0) is 219 Å². The molecule has 0 saturated heterocycles. The van der Waals surface area contributed by atoms with E-state index in [0.29, 0.717) is 0 Å². The molecule has 13 rings (SSSR count). The topological polar surface area (TPSA) is 0 Å². The van der Waals surface area contributed by atoms with Crippen molar-refractivity contribution in [2.45, 2.75) is 122 Å². The monoisotopic (exact) mass is 971 g/mol. The molecule has 0 atom stereocenters. The summed E-state index contributed by atoms with van der Waals surface area (Å²) in [6, 6.07) is 73.5. The second-order valence-electron chi connectivity index (χ2n) is 23.4. The Balaban J connectivity index is 0.858. The van der Waals surface area contributed by atoms with Crippen LogP contribution in [0.2, 0.25) is 0 Å². The largest absolute Gasteiger partial charge is 0.0642 e. The summed E-state index contributed by atoms with van der Waals surface area (Å²) in [5.74, 6) is 0. The van der Waals surface area contributed by atoms with E-state index < -0.39 is 0 Å². The highest BCUT2D eigenvalue weighted by Gasteiger charge is 2.44. The molecule has 0 amide bonds. The molecule has 3 aliphatic carbocycles. The van der Waals surface area contributed by atoms with Crippen molar-refractivity contribution >= 4 is 21.5 Å². The van der Waals surface area contributed by atoms with E-state index in [0.717, 1.165) is 38.5 Å². The Kier molecular flexibility index (Phi) is 11.0. The Labute approximate surface area is 446 Å². The minimum absolute atomic E-state index is 0.00159. The SMILES string of the molecule is CCC1(CC)c2ccccc2-c2ccc(-c3ccc4c(c3)C(CC)(CC)c3cc(-c5ccc6c(c5)C(CC)(CC)c5cc(-c7cccc(-c8c9ccccc9c(C(C)(C)C)c9ccccc89)c7)ccc5-6)ccc3-4)cc21. The standard InChI is InChI=1S/C75H70/c1-10-73(11-2)64-30-21-20-25-54(64)55-36-32-49(43-65(55)73)50-33-38-58-59-40-35-52(46-69(59)75(14-5,15-6)68(58)44-50)51-34-39-57-56-37-31-48(42-66(56)74(12-3,13-4)67(57)45-51)47-23-22-24-53(41-47)70-60-26-16-18-28-62(60)71(72(7,8)9)63-29-19-17-27-61(63)70/h16-46H,10-15H2,1-9H3. The van der Waals surface area contributed by atoms with Crippen molar-refractivity contribution < 1.29 is 0 Å². The summed E-state index contributed by atoms with van der Waals surface area (Å²) in [7, 11) is 0. The molecule has 0 bridgehead atoms. The summed E-state index contributed by atoms with van der Waals surface area (Å²) in [6.07, 6.45) is 6.40. The first-order chi connectivity index (χ1) is 36.5. The van der Waals surface area contributed by atoms with E-state index in [9.17, 15) is 0 Å². The van der Waals surface area contributed by atoms with E-state index in [2.05, 4.69) is 250 Å². The van der Waals surface area contributed by atoms with E-state index in [4.69, 9.17) is 0 Å². The van der Waals surface area contributed by atoms with Gasteiger partial charge in [-0.25, -0.2) is 0 Å². The maximum absolute atomic E-state index is 2.57. The van der Waals surface area contributed by atoms with Crippen molar-refractivity contribution in [3.05, 3.63) is 227 Å². The fourth-order valence-electron chi connectivity index (χ4n) is 15.5. The molecule has 0 nitrogen and oxygen atoms in total. The highest BCUT2D eigenvalue weighted by molar-refractivity contribution is 6.15. The summed E-state index contributed by atoms with van der Waals surface area (Å²) < 4.78 is 0. The average molecular weight is 971 g/mol. The third-order valence-corrected chi connectivity index (χ3v) is 19.4. The maximum atomic E-state index is 2.57. The molecule has 0 spiro atoms. The van der Waals surface area contributed by atoms with Crippen molar-refractivity contribution in [2.75, 3.05) is 0 Å². The third-order valence-electron chi connectivity index (χ3n) is 19.4. The van der Waals surface area contributed by atoms with Crippen LogP contribution < -0.4 is 0 Å². The highest BCUT2D eigenvalue weighted by atomic mass is 14.5. The second-order valence-corrected chi connectivity index (χ2v) is 23.4. The van der Waals surface area contributed by atoms with Gasteiger partial charge in [-0.2, -0.15) is 0 Å². The van der Waals surface area contributed by atoms with Crippen LogP contribution in [-0.4, -0.2) is 0 Å². The summed E-state index contributed by atoms with van der Waals surface area (Å²) in [6.45, 7) is 21.4. The van der Waals surface area contributed by atoms with Gasteiger partial charge in [-0.1, -0.05) is 214 Å². The molecule has 0 fully saturated rings. The van der Waals surface area contributed by atoms with Crippen molar-refractivity contribution in [3.63, 3.8) is 0 Å². The first-order valence-corrected chi connectivity index (χ1v) is 28.4. The quantitative estimate of drug-likeness (QED) is 0.120. The number of fused-ring (bicyclic) bond motifs is 11. The predicted molar refractivity (Wildman–Crippen MR) is 322 cm³/mol. The highest BCUT2D eigenvalue weighted by Crippen LogP contribution is 2.58. The predicted octanol–water partition coefficient (Wildman–Crippen LogP) is 21.2. The van der Waals surface area contributed by atoms with Gasteiger partial charge in [-0.15, -0.1) is 0 Å². The lowest BCUT2D eigenvalue weighted by atomic mass is 9.72. The van der Waals surface area contributed by atoms with Crippen molar-refractivity contribution in [1.29, 1.82) is 0 Å². The molecule has 370 valence electrons. The van der Waals surface area contributed by atoms with Crippen molar-refractivity contribution in [3.8, 4) is 77.9 Å². The zero-order valence-electron chi connectivity index (χ0n) is 45.6. The van der Waals surface area contributed by atoms with Crippen LogP contribution in [0.25, 0.3) is 99.4 Å². The van der Waals surface area contributed by atoms with Gasteiger partial charge >= 0.3 is 0 Å². The van der Waals surface area contributed by atoms with Gasteiger partial charge in [0.05, 0.1) is 0 Å². The van der Waals surface area contributed by atoms with E-state index in [-0.39, 0.29) is 21.7 Å². The van der Waals surface area contributed by atoms with E-state index in [1.54, 1.807) is 0 Å². The van der Waals surface area contributed by atoms with Crippen LogP contribution in [0.3, 0.4) is 0 Å². The van der Waals surface area contributed by atoms with Gasteiger partial charge < -0.3 is 0 Å². The summed E-state index contributed by atoms with van der Waals surface area (Å²) in [5.41, 5.74) is 29.0. The lowest BCUT2D eigenvalue weighted by Gasteiger charge is -2.31. The van der Waals surface area contributed by atoms with Crippen LogP contribution in [0, 0.1) is 0 Å². The second kappa shape index (κ2) is 17.4. The molecule has 0 radical (unpaired) electrons. The van der Waals surface area contributed by atoms with Crippen LogP contribution in [0.15, 0.2) is 188 Å². The minimum Gasteiger partial charge on any atom is -0.0642 e. The Morgan fingerprint density at radius 2 is 0.560 bits per heavy atom. The molecule has 0 saturated carbocycles. The third kappa shape index (κ3) is 6.67. The Bertz CT molecular complexity index is 3890. The summed E-state index contributed by atoms with van der Waals surface area (Å²) in [4.78, 5) is 0. The molecule has 0 unspecified atom stereocenters. The van der Waals surface area contributed by atoms with Gasteiger partial charge in [0.25, 0.3) is 0 Å². The van der Waals surface area contributed by atoms with Crippen molar-refractivity contribution in [1.82, 2.24) is 0 Å². The van der Waals surface area contributed by atoms with Gasteiger partial charge in [0.2, 0.25) is 0 Å². The van der Waals surface area contributed by atoms with Gasteiger partial charge in [-0.3, -0.25) is 0 Å². The summed E-state index contributed by atoms with van der Waals surface area (Å²) in [5, 5.41) is 5.33. The lowest BCUT2D eigenvalue weighted by Crippen LogP contribution is -2.23. The molecule has 0 N–H and O–H groups in total. The van der Waals surface area contributed by atoms with Crippen molar-refractivity contribution in [2.24, 2.45) is 0 Å². The van der Waals surface area contributed by atoms with Crippen LogP contribution in [0.4, 0.5) is 0 Å². The molecule has 0 aliphatic heterocycles. The van der Waals surface area contributed by atoms with E-state index >= 15 is 0 Å². The zero-order chi connectivity index (χ0) is 51.6. The smallest absolute Gasteiger partial charge is 0.0210 e. The van der Waals surface area contributed by atoms with Gasteiger partial charge in [0.1, 0.15) is 0 Å². The van der Waals surface area contributed by atoms with Crippen LogP contribution in [-0.2, 0) is 21.7 Å². The molecular weight excluding hydrogens is 901 g/mol. The maximum Gasteiger partial charge on any atom is 0.0210 e. The first kappa shape index (κ1) is 47.4. The first-order valence-electron chi connectivity index (χ1n) is 28.4. The fourth-order valence-corrected chi connectivity index (χ4v) is 15.5. The molecule has 0 heteroatoms. The van der Waals surface area contributed by atoms with Crippen LogP contribution in [0.5, 0.6) is 0 Å². The lowest BCUT2D eigenvalue weighted by molar-refractivity contribution is 0.490. The van der Waals surface area contributed by atoms with Crippen LogP contribution in [0.1, 0.15) is 140 Å². The minimum atomic E-state index is -0.0856. The zero-order valence-corrected chi connectivity index (χ0v) is 45.6. The van der Waals surface area contributed by atoms with Gasteiger partial charge in [0, 0.05) is 16.2 Å². The molecule has 0 aromatic heterocycles. The molecule has 3 aliphatic rings. The molecule has 10 aromatic rings. The molecule has 75 heavy (non-hydrogen) atoms. The Morgan fingerprint density at radius 3 is 0.920 bits per heavy atom. The van der Waals surface area contributed by atoms with E-state index in [1.807, 2.05) is 0 Å². The van der Waals surface area contributed by atoms with Crippen LogP contribution >= 0.6 is 0 Å². The molecule has 10 aromatic carbocycles. The fraction of sp³-hybridized carbons (Fsp3) is 0.253. The van der Waals surface area contributed by atoms with Gasteiger partial charge in [0.15, 0.2) is 0 Å². The normalized spacial score (nSPS) is 15.1. The Hall–Kier alpha value is -7.28.